The van der Waals surface area contributed by atoms with Crippen molar-refractivity contribution in [3.63, 3.8) is 0 Å². The summed E-state index contributed by atoms with van der Waals surface area (Å²) in [5.41, 5.74) is 0. The van der Waals surface area contributed by atoms with Gasteiger partial charge in [0, 0.05) is 11.1 Å². The standard InChI is InChI=1S/C13H10Cl3N3O2/c1-7(21-9-4-2-3-8(14)5-9)12(20)18-11-6-10(15)17-13(16)19-11/h2-7H,1H3,(H,17,18,19,20). The molecular weight excluding hydrogens is 337 g/mol. The van der Waals surface area contributed by atoms with Gasteiger partial charge in [-0.05, 0) is 36.7 Å². The second kappa shape index (κ2) is 6.93. The molecule has 0 aliphatic carbocycles. The van der Waals surface area contributed by atoms with Crippen molar-refractivity contribution in [1.29, 1.82) is 0 Å². The zero-order valence-corrected chi connectivity index (χ0v) is 13.1. The number of benzene rings is 1. The Morgan fingerprint density at radius 3 is 2.67 bits per heavy atom. The second-order valence-electron chi connectivity index (χ2n) is 4.05. The van der Waals surface area contributed by atoms with Crippen LogP contribution in [0.5, 0.6) is 5.75 Å². The number of anilines is 1. The highest BCUT2D eigenvalue weighted by Crippen LogP contribution is 2.19. The molecule has 5 nitrogen and oxygen atoms in total. The Kier molecular flexibility index (Phi) is 5.22. The van der Waals surface area contributed by atoms with E-state index in [-0.39, 0.29) is 16.3 Å². The van der Waals surface area contributed by atoms with Crippen LogP contribution in [-0.4, -0.2) is 22.0 Å². The third-order valence-electron chi connectivity index (χ3n) is 2.40. The number of aromatic nitrogens is 2. The van der Waals surface area contributed by atoms with E-state index in [4.69, 9.17) is 39.5 Å². The fourth-order valence-corrected chi connectivity index (χ4v) is 2.07. The van der Waals surface area contributed by atoms with Crippen molar-refractivity contribution < 1.29 is 9.53 Å². The molecule has 0 saturated carbocycles. The molecule has 8 heteroatoms. The van der Waals surface area contributed by atoms with E-state index < -0.39 is 12.0 Å². The number of nitrogens with zero attached hydrogens (tertiary/aromatic N) is 2. The average Bonchev–Trinajstić information content (AvgIpc) is 2.37. The molecule has 21 heavy (non-hydrogen) atoms. The summed E-state index contributed by atoms with van der Waals surface area (Å²) in [6.45, 7) is 1.60. The molecule has 0 spiro atoms. The van der Waals surface area contributed by atoms with Crippen LogP contribution in [0.4, 0.5) is 5.82 Å². The molecule has 0 bridgehead atoms. The van der Waals surface area contributed by atoms with Crippen LogP contribution in [0.3, 0.4) is 0 Å². The van der Waals surface area contributed by atoms with Gasteiger partial charge in [-0.3, -0.25) is 4.79 Å². The van der Waals surface area contributed by atoms with Crippen molar-refractivity contribution in [2.75, 3.05) is 5.32 Å². The number of halogens is 3. The summed E-state index contributed by atoms with van der Waals surface area (Å²) in [4.78, 5) is 19.5. The lowest BCUT2D eigenvalue weighted by Gasteiger charge is -2.14. The summed E-state index contributed by atoms with van der Waals surface area (Å²) in [5, 5.41) is 3.14. The van der Waals surface area contributed by atoms with Crippen LogP contribution in [-0.2, 0) is 4.79 Å². The number of rotatable bonds is 4. The number of hydrogen-bond acceptors (Lipinski definition) is 4. The summed E-state index contributed by atoms with van der Waals surface area (Å²) in [6, 6.07) is 8.14. The van der Waals surface area contributed by atoms with Gasteiger partial charge in [0.1, 0.15) is 16.7 Å². The molecule has 1 aromatic carbocycles. The predicted molar refractivity (Wildman–Crippen MR) is 82.2 cm³/mol. The van der Waals surface area contributed by atoms with Crippen LogP contribution in [0.2, 0.25) is 15.5 Å². The van der Waals surface area contributed by atoms with E-state index in [0.29, 0.717) is 10.8 Å². The number of amides is 1. The second-order valence-corrected chi connectivity index (χ2v) is 5.21. The van der Waals surface area contributed by atoms with Crippen molar-refractivity contribution in [1.82, 2.24) is 9.97 Å². The zero-order chi connectivity index (χ0) is 15.4. The first kappa shape index (κ1) is 15.8. The molecular formula is C13H10Cl3N3O2. The van der Waals surface area contributed by atoms with Gasteiger partial charge in [-0.25, -0.2) is 9.97 Å². The lowest BCUT2D eigenvalue weighted by atomic mass is 10.3. The zero-order valence-electron chi connectivity index (χ0n) is 10.8. The van der Waals surface area contributed by atoms with Crippen molar-refractivity contribution in [2.45, 2.75) is 13.0 Å². The minimum absolute atomic E-state index is 0.0544. The Hall–Kier alpha value is -1.56. The minimum Gasteiger partial charge on any atom is -0.481 e. The van der Waals surface area contributed by atoms with E-state index in [1.54, 1.807) is 31.2 Å². The SMILES string of the molecule is CC(Oc1cccc(Cl)c1)C(=O)Nc1cc(Cl)nc(Cl)n1. The molecule has 0 saturated heterocycles. The van der Waals surface area contributed by atoms with Gasteiger partial charge >= 0.3 is 0 Å². The Bertz CT molecular complexity index is 647. The fraction of sp³-hybridized carbons (Fsp3) is 0.154. The fourth-order valence-electron chi connectivity index (χ4n) is 1.48. The van der Waals surface area contributed by atoms with Gasteiger partial charge in [0.25, 0.3) is 5.91 Å². The van der Waals surface area contributed by atoms with E-state index in [2.05, 4.69) is 15.3 Å². The maximum Gasteiger partial charge on any atom is 0.266 e. The van der Waals surface area contributed by atoms with Crippen molar-refractivity contribution in [3.05, 3.63) is 45.8 Å². The van der Waals surface area contributed by atoms with Crippen molar-refractivity contribution in [3.8, 4) is 5.75 Å². The lowest BCUT2D eigenvalue weighted by Crippen LogP contribution is -2.30. The van der Waals surface area contributed by atoms with Crippen molar-refractivity contribution in [2.24, 2.45) is 0 Å². The molecule has 0 radical (unpaired) electrons. The van der Waals surface area contributed by atoms with E-state index in [1.807, 2.05) is 0 Å². The van der Waals surface area contributed by atoms with Crippen LogP contribution in [0, 0.1) is 0 Å². The Labute approximate surface area is 136 Å². The molecule has 1 N–H and O–H groups in total. The van der Waals surface area contributed by atoms with Gasteiger partial charge in [0.15, 0.2) is 6.10 Å². The van der Waals surface area contributed by atoms with Crippen molar-refractivity contribution >= 4 is 46.5 Å². The normalized spacial score (nSPS) is 11.8. The topological polar surface area (TPSA) is 64.1 Å². The number of carbonyl (C=O) groups excluding carboxylic acids is 1. The van der Waals surface area contributed by atoms with E-state index in [1.165, 1.54) is 6.07 Å². The van der Waals surface area contributed by atoms with E-state index in [9.17, 15) is 4.79 Å². The molecule has 1 amide bonds. The molecule has 1 aromatic heterocycles. The Morgan fingerprint density at radius 2 is 2.00 bits per heavy atom. The molecule has 2 aromatic rings. The summed E-state index contributed by atoms with van der Waals surface area (Å²) in [5.74, 6) is 0.288. The van der Waals surface area contributed by atoms with Gasteiger partial charge in [-0.15, -0.1) is 0 Å². The molecule has 0 aliphatic rings. The van der Waals surface area contributed by atoms with Gasteiger partial charge in [-0.1, -0.05) is 29.3 Å². The summed E-state index contributed by atoms with van der Waals surface area (Å²) in [7, 11) is 0. The highest BCUT2D eigenvalue weighted by Gasteiger charge is 2.16. The monoisotopic (exact) mass is 345 g/mol. The van der Waals surface area contributed by atoms with Crippen LogP contribution >= 0.6 is 34.8 Å². The predicted octanol–water partition coefficient (Wildman–Crippen LogP) is 3.84. The highest BCUT2D eigenvalue weighted by molar-refractivity contribution is 6.32. The van der Waals surface area contributed by atoms with E-state index in [0.717, 1.165) is 0 Å². The molecule has 0 aliphatic heterocycles. The summed E-state index contributed by atoms with van der Waals surface area (Å²) < 4.78 is 5.48. The van der Waals surface area contributed by atoms with Crippen LogP contribution in [0.25, 0.3) is 0 Å². The summed E-state index contributed by atoms with van der Waals surface area (Å²) >= 11 is 17.2. The van der Waals surface area contributed by atoms with E-state index >= 15 is 0 Å². The molecule has 1 unspecified atom stereocenters. The highest BCUT2D eigenvalue weighted by atomic mass is 35.5. The number of nitrogens with one attached hydrogen (secondary N) is 1. The maximum atomic E-state index is 12.0. The van der Waals surface area contributed by atoms with Crippen LogP contribution in [0.1, 0.15) is 6.92 Å². The number of ether oxygens (including phenoxy) is 1. The quantitative estimate of drug-likeness (QED) is 0.675. The first-order valence-corrected chi connectivity index (χ1v) is 7.00. The molecule has 0 fully saturated rings. The molecule has 2 rings (SSSR count). The number of carbonyl (C=O) groups is 1. The van der Waals surface area contributed by atoms with Gasteiger partial charge < -0.3 is 10.1 Å². The summed E-state index contributed by atoms with van der Waals surface area (Å²) in [6.07, 6.45) is -0.754. The van der Waals surface area contributed by atoms with Gasteiger partial charge in [-0.2, -0.15) is 0 Å². The first-order valence-electron chi connectivity index (χ1n) is 5.87. The number of hydrogen-bond donors (Lipinski definition) is 1. The van der Waals surface area contributed by atoms with Gasteiger partial charge in [0.05, 0.1) is 0 Å². The maximum absolute atomic E-state index is 12.0. The average molecular weight is 347 g/mol. The third-order valence-corrected chi connectivity index (χ3v) is 2.99. The molecule has 1 atom stereocenters. The lowest BCUT2D eigenvalue weighted by molar-refractivity contribution is -0.122. The Balaban J connectivity index is 2.02. The smallest absolute Gasteiger partial charge is 0.266 e. The van der Waals surface area contributed by atoms with Gasteiger partial charge in [0.2, 0.25) is 5.28 Å². The van der Waals surface area contributed by atoms with Crippen LogP contribution in [0.15, 0.2) is 30.3 Å². The first-order chi connectivity index (χ1) is 9.94. The minimum atomic E-state index is -0.754. The third kappa shape index (κ3) is 4.74. The Morgan fingerprint density at radius 1 is 1.24 bits per heavy atom. The molecule has 110 valence electrons. The molecule has 1 heterocycles. The van der Waals surface area contributed by atoms with Crippen LogP contribution < -0.4 is 10.1 Å². The largest absolute Gasteiger partial charge is 0.481 e.